The number of hydrogen-bond acceptors (Lipinski definition) is 9. The van der Waals surface area contributed by atoms with Gasteiger partial charge in [-0.2, -0.15) is 11.8 Å². The van der Waals surface area contributed by atoms with Crippen molar-refractivity contribution < 1.29 is 23.7 Å². The summed E-state index contributed by atoms with van der Waals surface area (Å²) in [5.74, 6) is 3.02. The number of nitrogens with zero attached hydrogens (tertiary/aromatic N) is 2. The van der Waals surface area contributed by atoms with Crippen molar-refractivity contribution in [3.8, 4) is 11.5 Å². The average molecular weight is 386 g/mol. The van der Waals surface area contributed by atoms with Crippen LogP contribution in [0.15, 0.2) is 27.8 Å². The predicted octanol–water partition coefficient (Wildman–Crippen LogP) is 2.62. The van der Waals surface area contributed by atoms with Gasteiger partial charge in [-0.3, -0.25) is 0 Å². The van der Waals surface area contributed by atoms with E-state index in [-0.39, 0.29) is 6.61 Å². The lowest BCUT2D eigenvalue weighted by atomic mass is 10.2. The number of thioether (sulfide) groups is 2. The van der Waals surface area contributed by atoms with Crippen LogP contribution in [0.1, 0.15) is 11.5 Å². The molecule has 1 N–H and O–H groups in total. The highest BCUT2D eigenvalue weighted by Crippen LogP contribution is 2.27. The first-order valence-corrected chi connectivity index (χ1v) is 9.95. The third-order valence-corrected chi connectivity index (χ3v) is 4.64. The van der Waals surface area contributed by atoms with Crippen LogP contribution >= 0.6 is 23.5 Å². The Hall–Kier alpha value is -1.42. The predicted molar refractivity (Wildman–Crippen MR) is 97.4 cm³/mol. The van der Waals surface area contributed by atoms with Crippen LogP contribution in [0.3, 0.4) is 0 Å². The minimum atomic E-state index is -0.624. The molecule has 2 rings (SSSR count). The zero-order chi connectivity index (χ0) is 18.1. The van der Waals surface area contributed by atoms with Gasteiger partial charge in [-0.25, -0.2) is 0 Å². The molecule has 0 amide bonds. The van der Waals surface area contributed by atoms with Gasteiger partial charge in [0.05, 0.1) is 39.3 Å². The Labute approximate surface area is 155 Å². The number of aliphatic hydroxyl groups is 1. The quantitative estimate of drug-likeness (QED) is 0.586. The molecule has 1 aromatic carbocycles. The maximum atomic E-state index is 10.00. The van der Waals surface area contributed by atoms with Crippen molar-refractivity contribution in [1.82, 2.24) is 10.2 Å². The van der Waals surface area contributed by atoms with Gasteiger partial charge in [-0.1, -0.05) is 17.8 Å². The molecule has 1 aromatic heterocycles. The molecule has 7 nitrogen and oxygen atoms in total. The molecule has 1 unspecified atom stereocenters. The second-order valence-electron chi connectivity index (χ2n) is 5.06. The van der Waals surface area contributed by atoms with E-state index in [1.54, 1.807) is 26.0 Å². The average Bonchev–Trinajstić information content (AvgIpc) is 3.07. The lowest BCUT2D eigenvalue weighted by molar-refractivity contribution is 0.0396. The Balaban J connectivity index is 1.71. The molecule has 0 aliphatic heterocycles. The first kappa shape index (κ1) is 19.9. The standard InChI is InChI=1S/C16H22N2O5S2/c1-20-13-5-4-11(6-14(13)21-2)7-22-8-12(19)9-25-16-18-17-15(23-16)10-24-3/h4-6,12,19H,7-10H2,1-3H3. The number of aliphatic hydroxyl groups excluding tert-OH is 1. The lowest BCUT2D eigenvalue weighted by Crippen LogP contribution is -2.17. The van der Waals surface area contributed by atoms with Gasteiger partial charge >= 0.3 is 0 Å². The van der Waals surface area contributed by atoms with Crippen LogP contribution in [-0.4, -0.2) is 54.2 Å². The van der Waals surface area contributed by atoms with E-state index in [1.165, 1.54) is 11.8 Å². The van der Waals surface area contributed by atoms with Crippen molar-refractivity contribution in [2.24, 2.45) is 0 Å². The molecule has 0 aliphatic rings. The Morgan fingerprint density at radius 3 is 2.72 bits per heavy atom. The molecule has 0 bridgehead atoms. The maximum Gasteiger partial charge on any atom is 0.276 e. The molecule has 0 spiro atoms. The Bertz CT molecular complexity index is 653. The van der Waals surface area contributed by atoms with Gasteiger partial charge in [-0.05, 0) is 24.0 Å². The summed E-state index contributed by atoms with van der Waals surface area (Å²) in [6.45, 7) is 0.591. The van der Waals surface area contributed by atoms with Crippen LogP contribution in [0.2, 0.25) is 0 Å². The van der Waals surface area contributed by atoms with Crippen molar-refractivity contribution in [2.75, 3.05) is 32.8 Å². The van der Waals surface area contributed by atoms with Crippen LogP contribution in [0.4, 0.5) is 0 Å². The van der Waals surface area contributed by atoms with E-state index in [9.17, 15) is 5.11 Å². The van der Waals surface area contributed by atoms with E-state index in [4.69, 9.17) is 18.6 Å². The van der Waals surface area contributed by atoms with E-state index in [2.05, 4.69) is 10.2 Å². The normalized spacial score (nSPS) is 12.2. The number of ether oxygens (including phenoxy) is 3. The van der Waals surface area contributed by atoms with Crippen LogP contribution in [0, 0.1) is 0 Å². The van der Waals surface area contributed by atoms with Crippen LogP contribution in [0.5, 0.6) is 11.5 Å². The Morgan fingerprint density at radius 1 is 1.20 bits per heavy atom. The van der Waals surface area contributed by atoms with Gasteiger partial charge < -0.3 is 23.7 Å². The first-order chi connectivity index (χ1) is 12.2. The Kier molecular flexibility index (Phi) is 8.39. The molecule has 1 atom stereocenters. The van der Waals surface area contributed by atoms with Gasteiger partial charge in [0.25, 0.3) is 5.22 Å². The van der Waals surface area contributed by atoms with Gasteiger partial charge in [0.2, 0.25) is 5.89 Å². The minimum absolute atomic E-state index is 0.215. The molecule has 0 radical (unpaired) electrons. The second-order valence-corrected chi connectivity index (χ2v) is 6.90. The number of benzene rings is 1. The molecular weight excluding hydrogens is 364 g/mol. The van der Waals surface area contributed by atoms with Gasteiger partial charge in [0.15, 0.2) is 11.5 Å². The van der Waals surface area contributed by atoms with Crippen LogP contribution in [0.25, 0.3) is 0 Å². The van der Waals surface area contributed by atoms with E-state index >= 15 is 0 Å². The van der Waals surface area contributed by atoms with Gasteiger partial charge in [0.1, 0.15) is 0 Å². The molecule has 25 heavy (non-hydrogen) atoms. The fraction of sp³-hybridized carbons (Fsp3) is 0.500. The zero-order valence-corrected chi connectivity index (χ0v) is 16.1. The highest BCUT2D eigenvalue weighted by Gasteiger charge is 2.11. The van der Waals surface area contributed by atoms with E-state index in [1.807, 2.05) is 24.5 Å². The van der Waals surface area contributed by atoms with E-state index < -0.39 is 6.10 Å². The van der Waals surface area contributed by atoms with Crippen molar-refractivity contribution in [1.29, 1.82) is 0 Å². The molecule has 2 aromatic rings. The monoisotopic (exact) mass is 386 g/mol. The van der Waals surface area contributed by atoms with Crippen molar-refractivity contribution in [3.63, 3.8) is 0 Å². The fourth-order valence-corrected chi connectivity index (χ4v) is 3.03. The maximum absolute atomic E-state index is 10.00. The molecule has 0 saturated heterocycles. The number of rotatable bonds is 11. The lowest BCUT2D eigenvalue weighted by Gasteiger charge is -2.12. The smallest absolute Gasteiger partial charge is 0.276 e. The summed E-state index contributed by atoms with van der Waals surface area (Å²) in [6, 6.07) is 5.57. The summed E-state index contributed by atoms with van der Waals surface area (Å²) in [6.07, 6.45) is 1.34. The van der Waals surface area contributed by atoms with Crippen LogP contribution in [-0.2, 0) is 17.1 Å². The number of aromatic nitrogens is 2. The summed E-state index contributed by atoms with van der Waals surface area (Å²) in [4.78, 5) is 0. The van der Waals surface area contributed by atoms with Crippen LogP contribution < -0.4 is 9.47 Å². The zero-order valence-electron chi connectivity index (χ0n) is 14.4. The van der Waals surface area contributed by atoms with E-state index in [0.717, 1.165) is 5.56 Å². The van der Waals surface area contributed by atoms with Crippen molar-refractivity contribution in [3.05, 3.63) is 29.7 Å². The van der Waals surface area contributed by atoms with Crippen molar-refractivity contribution >= 4 is 23.5 Å². The summed E-state index contributed by atoms with van der Waals surface area (Å²) in [5.41, 5.74) is 0.941. The molecule has 0 fully saturated rings. The highest BCUT2D eigenvalue weighted by molar-refractivity contribution is 7.99. The minimum Gasteiger partial charge on any atom is -0.493 e. The molecule has 1 heterocycles. The van der Waals surface area contributed by atoms with Gasteiger partial charge in [-0.15, -0.1) is 10.2 Å². The molecule has 0 saturated carbocycles. The third kappa shape index (κ3) is 6.43. The fourth-order valence-electron chi connectivity index (χ4n) is 1.98. The molecule has 9 heteroatoms. The summed E-state index contributed by atoms with van der Waals surface area (Å²) in [7, 11) is 3.18. The number of hydrogen-bond donors (Lipinski definition) is 1. The largest absolute Gasteiger partial charge is 0.493 e. The third-order valence-electron chi connectivity index (χ3n) is 3.14. The highest BCUT2D eigenvalue weighted by atomic mass is 32.2. The summed E-state index contributed by atoms with van der Waals surface area (Å²) in [5, 5.41) is 18.3. The topological polar surface area (TPSA) is 86.8 Å². The number of methoxy groups -OCH3 is 2. The molecule has 138 valence electrons. The van der Waals surface area contributed by atoms with E-state index in [0.29, 0.717) is 40.7 Å². The van der Waals surface area contributed by atoms with Gasteiger partial charge in [0, 0.05) is 5.75 Å². The van der Waals surface area contributed by atoms with Crippen molar-refractivity contribution in [2.45, 2.75) is 23.7 Å². The summed E-state index contributed by atoms with van der Waals surface area (Å²) < 4.78 is 21.4. The summed E-state index contributed by atoms with van der Waals surface area (Å²) >= 11 is 2.93. The second kappa shape index (κ2) is 10.5. The molecule has 0 aliphatic carbocycles. The molecular formula is C16H22N2O5S2. The SMILES string of the molecule is COc1ccc(COCC(O)CSc2nnc(CSC)o2)cc1OC. The first-order valence-electron chi connectivity index (χ1n) is 7.57. The Morgan fingerprint density at radius 2 is 2.00 bits per heavy atom.